The monoisotopic (exact) mass is 342 g/mol. The van der Waals surface area contributed by atoms with Gasteiger partial charge in [-0.15, -0.1) is 0 Å². The summed E-state index contributed by atoms with van der Waals surface area (Å²) in [6.07, 6.45) is 1.53. The van der Waals surface area contributed by atoms with Gasteiger partial charge in [-0.3, -0.25) is 18.7 Å². The molecule has 7 nitrogen and oxygen atoms in total. The van der Waals surface area contributed by atoms with E-state index in [0.717, 1.165) is 24.0 Å². The normalized spacial score (nSPS) is 18.2. The van der Waals surface area contributed by atoms with Crippen molar-refractivity contribution in [3.05, 3.63) is 34.7 Å². The molecule has 2 saturated heterocycles. The van der Waals surface area contributed by atoms with Gasteiger partial charge >= 0.3 is 5.69 Å². The Balaban J connectivity index is 1.49. The number of likely N-dealkylation sites (tertiary alicyclic amines) is 2. The number of fused-ring (bicyclic) bond motifs is 1. The molecule has 2 fully saturated rings. The van der Waals surface area contributed by atoms with Crippen molar-refractivity contribution in [1.82, 2.24) is 18.9 Å². The van der Waals surface area contributed by atoms with Gasteiger partial charge in [-0.1, -0.05) is 12.1 Å². The maximum absolute atomic E-state index is 12.6. The van der Waals surface area contributed by atoms with Crippen molar-refractivity contribution in [1.29, 1.82) is 0 Å². The molecule has 25 heavy (non-hydrogen) atoms. The highest BCUT2D eigenvalue weighted by atomic mass is 16.2. The Labute approximate surface area is 145 Å². The number of aryl methyl sites for hydroxylation is 1. The molecule has 2 aromatic rings. The van der Waals surface area contributed by atoms with E-state index in [0.29, 0.717) is 26.1 Å². The number of rotatable bonds is 4. The minimum atomic E-state index is -0.149. The van der Waals surface area contributed by atoms with Crippen molar-refractivity contribution < 1.29 is 9.59 Å². The Morgan fingerprint density at radius 1 is 1.12 bits per heavy atom. The Hall–Kier alpha value is -2.57. The van der Waals surface area contributed by atoms with Gasteiger partial charge in [-0.05, 0) is 25.5 Å². The topological polar surface area (TPSA) is 67.6 Å². The second kappa shape index (κ2) is 6.06. The van der Waals surface area contributed by atoms with Crippen LogP contribution in [0.3, 0.4) is 0 Å². The number of aromatic nitrogens is 2. The zero-order chi connectivity index (χ0) is 17.6. The van der Waals surface area contributed by atoms with Crippen LogP contribution in [0.5, 0.6) is 0 Å². The smallest absolute Gasteiger partial charge is 0.329 e. The van der Waals surface area contributed by atoms with Gasteiger partial charge < -0.3 is 9.80 Å². The highest BCUT2D eigenvalue weighted by molar-refractivity contribution is 5.82. The third-order valence-corrected chi connectivity index (χ3v) is 5.30. The molecule has 0 spiro atoms. The largest absolute Gasteiger partial charge is 0.337 e. The van der Waals surface area contributed by atoms with Crippen molar-refractivity contribution in [3.8, 4) is 0 Å². The molecule has 2 aliphatic rings. The lowest BCUT2D eigenvalue weighted by Gasteiger charge is -2.44. The van der Waals surface area contributed by atoms with E-state index in [-0.39, 0.29) is 30.1 Å². The van der Waals surface area contributed by atoms with Gasteiger partial charge in [0.05, 0.1) is 17.1 Å². The van der Waals surface area contributed by atoms with Crippen LogP contribution in [-0.4, -0.2) is 56.4 Å². The molecule has 0 unspecified atom stereocenters. The van der Waals surface area contributed by atoms with Crippen LogP contribution in [0.4, 0.5) is 0 Å². The molecule has 4 rings (SSSR count). The zero-order valence-electron chi connectivity index (χ0n) is 14.4. The van der Waals surface area contributed by atoms with E-state index in [2.05, 4.69) is 0 Å². The Morgan fingerprint density at radius 2 is 1.80 bits per heavy atom. The molecule has 0 radical (unpaired) electrons. The molecule has 2 amide bonds. The predicted molar refractivity (Wildman–Crippen MR) is 93.2 cm³/mol. The summed E-state index contributed by atoms with van der Waals surface area (Å²) in [6.45, 7) is 4.50. The molecule has 0 saturated carbocycles. The van der Waals surface area contributed by atoms with Gasteiger partial charge in [0.25, 0.3) is 0 Å². The number of para-hydroxylation sites is 2. The number of carbonyl (C=O) groups is 2. The molecule has 2 aliphatic heterocycles. The zero-order valence-corrected chi connectivity index (χ0v) is 14.4. The third kappa shape index (κ3) is 2.54. The van der Waals surface area contributed by atoms with Crippen LogP contribution in [0.15, 0.2) is 29.1 Å². The standard InChI is InChI=1S/C18H22N4O3/c1-2-20-14-6-3-4-7-15(14)22(18(20)25)12-17(24)19-10-13(11-19)21-9-5-8-16(21)23/h3-4,6-7,13H,2,5,8-12H2,1H3. The fourth-order valence-corrected chi connectivity index (χ4v) is 3.88. The fourth-order valence-electron chi connectivity index (χ4n) is 3.88. The second-order valence-corrected chi connectivity index (χ2v) is 6.74. The summed E-state index contributed by atoms with van der Waals surface area (Å²) in [6, 6.07) is 7.69. The molecule has 7 heteroatoms. The van der Waals surface area contributed by atoms with E-state index >= 15 is 0 Å². The fraction of sp³-hybridized carbons (Fsp3) is 0.500. The summed E-state index contributed by atoms with van der Waals surface area (Å²) in [5.41, 5.74) is 1.49. The van der Waals surface area contributed by atoms with Crippen molar-refractivity contribution in [2.45, 2.75) is 38.9 Å². The number of hydrogen-bond acceptors (Lipinski definition) is 3. The van der Waals surface area contributed by atoms with Crippen LogP contribution in [0.25, 0.3) is 11.0 Å². The number of carbonyl (C=O) groups excluding carboxylic acids is 2. The highest BCUT2D eigenvalue weighted by Gasteiger charge is 2.38. The minimum absolute atomic E-state index is 0.0486. The maximum Gasteiger partial charge on any atom is 0.329 e. The van der Waals surface area contributed by atoms with Gasteiger partial charge in [0, 0.05) is 32.6 Å². The van der Waals surface area contributed by atoms with E-state index in [9.17, 15) is 14.4 Å². The van der Waals surface area contributed by atoms with E-state index in [1.165, 1.54) is 0 Å². The van der Waals surface area contributed by atoms with Gasteiger partial charge in [-0.2, -0.15) is 0 Å². The van der Waals surface area contributed by atoms with Gasteiger partial charge in [0.15, 0.2) is 0 Å². The molecule has 1 aromatic heterocycles. The minimum Gasteiger partial charge on any atom is -0.337 e. The number of nitrogens with zero attached hydrogens (tertiary/aromatic N) is 4. The first-order valence-electron chi connectivity index (χ1n) is 8.85. The number of amides is 2. The van der Waals surface area contributed by atoms with Gasteiger partial charge in [0.2, 0.25) is 11.8 Å². The van der Waals surface area contributed by atoms with E-state index in [1.807, 2.05) is 36.1 Å². The SMILES string of the molecule is CCn1c(=O)n(CC(=O)N2CC(N3CCCC3=O)C2)c2ccccc21. The molecule has 0 N–H and O–H groups in total. The average molecular weight is 342 g/mol. The molecular weight excluding hydrogens is 320 g/mol. The lowest BCUT2D eigenvalue weighted by atomic mass is 10.1. The first kappa shape index (κ1) is 15.9. The van der Waals surface area contributed by atoms with E-state index < -0.39 is 0 Å². The van der Waals surface area contributed by atoms with Crippen molar-refractivity contribution >= 4 is 22.8 Å². The van der Waals surface area contributed by atoms with Crippen LogP contribution >= 0.6 is 0 Å². The molecule has 0 atom stereocenters. The average Bonchev–Trinajstić information content (AvgIpc) is 3.09. The summed E-state index contributed by atoms with van der Waals surface area (Å²) in [7, 11) is 0. The van der Waals surface area contributed by atoms with Crippen molar-refractivity contribution in [2.75, 3.05) is 19.6 Å². The van der Waals surface area contributed by atoms with Crippen LogP contribution in [0.1, 0.15) is 19.8 Å². The first-order valence-corrected chi connectivity index (χ1v) is 8.85. The maximum atomic E-state index is 12.6. The summed E-state index contributed by atoms with van der Waals surface area (Å²) in [5, 5.41) is 0. The lowest BCUT2D eigenvalue weighted by molar-refractivity contribution is -0.144. The Kier molecular flexibility index (Phi) is 3.86. The second-order valence-electron chi connectivity index (χ2n) is 6.74. The van der Waals surface area contributed by atoms with E-state index in [4.69, 9.17) is 0 Å². The molecule has 132 valence electrons. The van der Waals surface area contributed by atoms with Crippen LogP contribution in [0.2, 0.25) is 0 Å². The molecular formula is C18H22N4O3. The third-order valence-electron chi connectivity index (χ3n) is 5.30. The quantitative estimate of drug-likeness (QED) is 0.820. The lowest BCUT2D eigenvalue weighted by Crippen LogP contribution is -2.61. The number of imidazole rings is 1. The Morgan fingerprint density at radius 3 is 2.40 bits per heavy atom. The number of hydrogen-bond donors (Lipinski definition) is 0. The summed E-state index contributed by atoms with van der Waals surface area (Å²) in [4.78, 5) is 40.6. The van der Waals surface area contributed by atoms with E-state index in [1.54, 1.807) is 14.0 Å². The Bertz CT molecular complexity index is 891. The summed E-state index contributed by atoms with van der Waals surface area (Å²) < 4.78 is 3.24. The van der Waals surface area contributed by atoms with Crippen LogP contribution < -0.4 is 5.69 Å². The van der Waals surface area contributed by atoms with Gasteiger partial charge in [0.1, 0.15) is 6.54 Å². The van der Waals surface area contributed by atoms with Crippen molar-refractivity contribution in [3.63, 3.8) is 0 Å². The highest BCUT2D eigenvalue weighted by Crippen LogP contribution is 2.22. The number of benzene rings is 1. The molecule has 1 aromatic carbocycles. The first-order chi connectivity index (χ1) is 12.1. The molecule has 3 heterocycles. The van der Waals surface area contributed by atoms with Crippen molar-refractivity contribution in [2.24, 2.45) is 0 Å². The summed E-state index contributed by atoms with van der Waals surface area (Å²) >= 11 is 0. The van der Waals surface area contributed by atoms with Gasteiger partial charge in [-0.25, -0.2) is 4.79 Å². The van der Waals surface area contributed by atoms with Crippen LogP contribution in [0, 0.1) is 0 Å². The predicted octanol–water partition coefficient (Wildman–Crippen LogP) is 0.656. The summed E-state index contributed by atoms with van der Waals surface area (Å²) in [5.74, 6) is 0.128. The van der Waals surface area contributed by atoms with Crippen LogP contribution in [-0.2, 0) is 22.7 Å². The molecule has 0 bridgehead atoms. The molecule has 0 aliphatic carbocycles.